The van der Waals surface area contributed by atoms with Gasteiger partial charge in [0.1, 0.15) is 6.04 Å². The van der Waals surface area contributed by atoms with Crippen molar-refractivity contribution < 1.29 is 9.53 Å². The summed E-state index contributed by atoms with van der Waals surface area (Å²) < 4.78 is 4.61. The number of nitrogens with two attached hydrogens (primary N) is 1. The fraction of sp³-hybridized carbons (Fsp3) is 0.800. The lowest BCUT2D eigenvalue weighted by Gasteiger charge is -1.98. The number of hydrogen-bond donors (Lipinski definition) is 1. The highest BCUT2D eigenvalue weighted by Crippen LogP contribution is 2.10. The second kappa shape index (κ2) is 3.03. The molecule has 1 aliphatic heterocycles. The lowest BCUT2D eigenvalue weighted by molar-refractivity contribution is -0.139. The molecule has 54 valence electrons. The van der Waals surface area contributed by atoms with Crippen molar-refractivity contribution in [2.24, 2.45) is 11.7 Å². The summed E-state index contributed by atoms with van der Waals surface area (Å²) in [5, 5.41) is 0. The van der Waals surface area contributed by atoms with Crippen molar-refractivity contribution in [1.82, 2.24) is 0 Å². The summed E-state index contributed by atoms with van der Waals surface area (Å²) in [4.78, 5) is 10.4. The lowest BCUT2D eigenvalue weighted by atomic mass is 10.1. The molecule has 0 saturated carbocycles. The van der Waals surface area contributed by atoms with E-state index in [4.69, 9.17) is 5.73 Å². The second-order valence-corrected chi connectivity index (χ2v) is 2.13. The van der Waals surface area contributed by atoms with Crippen molar-refractivity contribution in [3.63, 3.8) is 0 Å². The first-order valence-electron chi connectivity index (χ1n) is 2.64. The molecular formula is C5H10ClNO2. The van der Waals surface area contributed by atoms with E-state index in [-0.39, 0.29) is 30.3 Å². The summed E-state index contributed by atoms with van der Waals surface area (Å²) in [7, 11) is 0. The molecule has 0 aliphatic carbocycles. The molecule has 3 nitrogen and oxygen atoms in total. The zero-order chi connectivity index (χ0) is 6.15. The van der Waals surface area contributed by atoms with Crippen molar-refractivity contribution in [3.05, 3.63) is 0 Å². The number of ether oxygens (including phenoxy) is 1. The SMILES string of the molecule is CC1COC(=O)C1N.Cl. The van der Waals surface area contributed by atoms with Crippen LogP contribution in [-0.2, 0) is 9.53 Å². The standard InChI is InChI=1S/C5H9NO2.ClH/c1-3-2-8-5(7)4(3)6;/h3-4H,2,6H2,1H3;1H. The largest absolute Gasteiger partial charge is 0.464 e. The van der Waals surface area contributed by atoms with Crippen LogP contribution >= 0.6 is 12.4 Å². The Bertz CT molecular complexity index is 118. The zero-order valence-electron chi connectivity index (χ0n) is 5.16. The molecule has 1 saturated heterocycles. The van der Waals surface area contributed by atoms with Gasteiger partial charge >= 0.3 is 5.97 Å². The minimum atomic E-state index is -0.380. The number of carbonyl (C=O) groups is 1. The first-order valence-corrected chi connectivity index (χ1v) is 2.64. The van der Waals surface area contributed by atoms with E-state index in [9.17, 15) is 4.79 Å². The number of cyclic esters (lactones) is 1. The van der Waals surface area contributed by atoms with Crippen LogP contribution in [0.2, 0.25) is 0 Å². The number of esters is 1. The van der Waals surface area contributed by atoms with E-state index in [0.717, 1.165) is 0 Å². The maximum Gasteiger partial charge on any atom is 0.323 e. The van der Waals surface area contributed by atoms with Crippen molar-refractivity contribution in [1.29, 1.82) is 0 Å². The monoisotopic (exact) mass is 151 g/mol. The van der Waals surface area contributed by atoms with E-state index in [0.29, 0.717) is 6.61 Å². The van der Waals surface area contributed by atoms with Crippen LogP contribution in [0.15, 0.2) is 0 Å². The molecule has 2 atom stereocenters. The molecule has 9 heavy (non-hydrogen) atoms. The van der Waals surface area contributed by atoms with Crippen LogP contribution in [-0.4, -0.2) is 18.6 Å². The predicted octanol–water partition coefficient (Wildman–Crippen LogP) is -0.0716. The van der Waals surface area contributed by atoms with E-state index in [1.165, 1.54) is 0 Å². The minimum Gasteiger partial charge on any atom is -0.464 e. The van der Waals surface area contributed by atoms with Gasteiger partial charge in [0.15, 0.2) is 0 Å². The first-order chi connectivity index (χ1) is 3.72. The highest BCUT2D eigenvalue weighted by molar-refractivity contribution is 5.85. The van der Waals surface area contributed by atoms with Crippen molar-refractivity contribution in [2.75, 3.05) is 6.61 Å². The number of carbonyl (C=O) groups excluding carboxylic acids is 1. The predicted molar refractivity (Wildman–Crippen MR) is 35.3 cm³/mol. The van der Waals surface area contributed by atoms with Crippen molar-refractivity contribution >= 4 is 18.4 Å². The highest BCUT2D eigenvalue weighted by atomic mass is 35.5. The topological polar surface area (TPSA) is 52.3 Å². The molecule has 4 heteroatoms. The van der Waals surface area contributed by atoms with Gasteiger partial charge in [0.05, 0.1) is 6.61 Å². The van der Waals surface area contributed by atoms with Gasteiger partial charge in [0.2, 0.25) is 0 Å². The molecule has 1 aliphatic rings. The maximum absolute atomic E-state index is 10.4. The molecular weight excluding hydrogens is 142 g/mol. The number of hydrogen-bond acceptors (Lipinski definition) is 3. The highest BCUT2D eigenvalue weighted by Gasteiger charge is 2.29. The van der Waals surface area contributed by atoms with Gasteiger partial charge in [-0.15, -0.1) is 12.4 Å². The molecule has 1 heterocycles. The van der Waals surface area contributed by atoms with E-state index in [1.54, 1.807) is 0 Å². The van der Waals surface area contributed by atoms with Crippen LogP contribution in [0, 0.1) is 5.92 Å². The first kappa shape index (κ1) is 8.72. The van der Waals surface area contributed by atoms with Gasteiger partial charge in [-0.1, -0.05) is 6.92 Å². The van der Waals surface area contributed by atoms with Gasteiger partial charge in [-0.2, -0.15) is 0 Å². The van der Waals surface area contributed by atoms with Crippen LogP contribution in [0.4, 0.5) is 0 Å². The normalized spacial score (nSPS) is 33.3. The third-order valence-corrected chi connectivity index (χ3v) is 1.37. The minimum absolute atomic E-state index is 0. The Hall–Kier alpha value is -0.280. The Morgan fingerprint density at radius 1 is 1.78 bits per heavy atom. The number of halogens is 1. The summed E-state index contributed by atoms with van der Waals surface area (Å²) in [6.45, 7) is 2.38. The molecule has 0 radical (unpaired) electrons. The second-order valence-electron chi connectivity index (χ2n) is 2.13. The van der Waals surface area contributed by atoms with Crippen LogP contribution < -0.4 is 5.73 Å². The number of rotatable bonds is 0. The van der Waals surface area contributed by atoms with Crippen LogP contribution in [0.25, 0.3) is 0 Å². The summed E-state index contributed by atoms with van der Waals surface area (Å²) in [5.74, 6) is -0.0694. The van der Waals surface area contributed by atoms with E-state index < -0.39 is 0 Å². The molecule has 0 bridgehead atoms. The summed E-state index contributed by atoms with van der Waals surface area (Å²) in [6.07, 6.45) is 0. The van der Waals surface area contributed by atoms with Crippen LogP contribution in [0.3, 0.4) is 0 Å². The van der Waals surface area contributed by atoms with E-state index >= 15 is 0 Å². The van der Waals surface area contributed by atoms with Gasteiger partial charge in [-0.05, 0) is 0 Å². The summed E-state index contributed by atoms with van der Waals surface area (Å²) in [6, 6.07) is -0.380. The Morgan fingerprint density at radius 3 is 2.44 bits per heavy atom. The molecule has 2 unspecified atom stereocenters. The molecule has 1 rings (SSSR count). The van der Waals surface area contributed by atoms with E-state index in [1.807, 2.05) is 6.92 Å². The van der Waals surface area contributed by atoms with Gasteiger partial charge in [0, 0.05) is 5.92 Å². The molecule has 0 aromatic carbocycles. The Labute approximate surface area is 60.0 Å². The average molecular weight is 152 g/mol. The van der Waals surface area contributed by atoms with Gasteiger partial charge in [0.25, 0.3) is 0 Å². The molecule has 0 spiro atoms. The average Bonchev–Trinajstić information content (AvgIpc) is 1.98. The van der Waals surface area contributed by atoms with Gasteiger partial charge < -0.3 is 10.5 Å². The zero-order valence-corrected chi connectivity index (χ0v) is 5.98. The summed E-state index contributed by atoms with van der Waals surface area (Å²) in [5.41, 5.74) is 5.35. The Balaban J connectivity index is 0.000000640. The van der Waals surface area contributed by atoms with Crippen molar-refractivity contribution in [3.8, 4) is 0 Å². The maximum atomic E-state index is 10.4. The Morgan fingerprint density at radius 2 is 2.33 bits per heavy atom. The fourth-order valence-corrected chi connectivity index (χ4v) is 0.646. The smallest absolute Gasteiger partial charge is 0.323 e. The molecule has 0 aromatic heterocycles. The molecule has 2 N–H and O–H groups in total. The van der Waals surface area contributed by atoms with Crippen LogP contribution in [0.5, 0.6) is 0 Å². The fourth-order valence-electron chi connectivity index (χ4n) is 0.646. The van der Waals surface area contributed by atoms with Gasteiger partial charge in [-0.3, -0.25) is 4.79 Å². The van der Waals surface area contributed by atoms with Crippen molar-refractivity contribution in [2.45, 2.75) is 13.0 Å². The molecule has 0 aromatic rings. The Kier molecular flexibility index (Phi) is 2.94. The molecule has 1 fully saturated rings. The quantitative estimate of drug-likeness (QED) is 0.493. The van der Waals surface area contributed by atoms with Gasteiger partial charge in [-0.25, -0.2) is 0 Å². The third-order valence-electron chi connectivity index (χ3n) is 1.37. The molecule has 0 amide bonds. The van der Waals surface area contributed by atoms with Crippen LogP contribution in [0.1, 0.15) is 6.92 Å². The third kappa shape index (κ3) is 1.56. The van der Waals surface area contributed by atoms with E-state index in [2.05, 4.69) is 4.74 Å². The lowest BCUT2D eigenvalue weighted by Crippen LogP contribution is -2.30. The summed E-state index contributed by atoms with van der Waals surface area (Å²) >= 11 is 0.